The summed E-state index contributed by atoms with van der Waals surface area (Å²) in [6.45, 7) is 5.56. The molecule has 4 rings (SSSR count). The van der Waals surface area contributed by atoms with E-state index in [9.17, 15) is 9.18 Å². The van der Waals surface area contributed by atoms with Crippen molar-refractivity contribution < 1.29 is 23.8 Å². The molecule has 6 heteroatoms. The van der Waals surface area contributed by atoms with Crippen molar-refractivity contribution >= 4 is 17.6 Å². The van der Waals surface area contributed by atoms with Crippen molar-refractivity contribution in [3.8, 4) is 5.75 Å². The zero-order valence-corrected chi connectivity index (χ0v) is 18.2. The van der Waals surface area contributed by atoms with Gasteiger partial charge in [-0.15, -0.1) is 0 Å². The molecule has 31 heavy (non-hydrogen) atoms. The van der Waals surface area contributed by atoms with Crippen LogP contribution in [0.5, 0.6) is 5.75 Å². The topological polar surface area (TPSA) is 55.8 Å². The molecular weight excluding hydrogens is 419 g/mol. The van der Waals surface area contributed by atoms with E-state index >= 15 is 0 Å². The molecule has 1 N–H and O–H groups in total. The third kappa shape index (κ3) is 4.48. The molecule has 4 nitrogen and oxygen atoms in total. The summed E-state index contributed by atoms with van der Waals surface area (Å²) in [5, 5.41) is 9.09. The van der Waals surface area contributed by atoms with Crippen LogP contribution < -0.4 is 4.74 Å². The first-order chi connectivity index (χ1) is 14.8. The van der Waals surface area contributed by atoms with Gasteiger partial charge in [0.2, 0.25) is 0 Å². The lowest BCUT2D eigenvalue weighted by atomic mass is 9.75. The number of hydrogen-bond acceptors (Lipinski definition) is 3. The molecule has 2 aromatic rings. The van der Waals surface area contributed by atoms with E-state index in [4.69, 9.17) is 26.2 Å². The van der Waals surface area contributed by atoms with E-state index in [2.05, 4.69) is 30.8 Å². The molecule has 1 heterocycles. The first kappa shape index (κ1) is 21.8. The van der Waals surface area contributed by atoms with Crippen molar-refractivity contribution in [3.05, 3.63) is 76.1 Å². The van der Waals surface area contributed by atoms with E-state index in [1.807, 2.05) is 6.92 Å². The Labute approximate surface area is 186 Å². The van der Waals surface area contributed by atoms with Crippen LogP contribution in [0.3, 0.4) is 0 Å². The van der Waals surface area contributed by atoms with Crippen molar-refractivity contribution in [2.75, 3.05) is 6.61 Å². The van der Waals surface area contributed by atoms with Crippen LogP contribution in [0.15, 0.2) is 48.6 Å². The lowest BCUT2D eigenvalue weighted by molar-refractivity contribution is -0.139. The molecular formula is C25H26ClFO4. The third-order valence-electron chi connectivity index (χ3n) is 6.35. The van der Waals surface area contributed by atoms with Gasteiger partial charge in [0.05, 0.1) is 17.2 Å². The molecule has 1 fully saturated rings. The normalized spacial score (nSPS) is 25.1. The summed E-state index contributed by atoms with van der Waals surface area (Å²) in [6.07, 6.45) is 3.18. The SMILES string of the molecule is C=C(C)[C@@H]1C[C@@H]2c3ccccc3CCC[C@@H]2O[C@@H]1c1cc(F)cc(Cl)c1OCC(=O)O. The summed E-state index contributed by atoms with van der Waals surface area (Å²) < 4.78 is 26.5. The second-order valence-corrected chi connectivity index (χ2v) is 8.88. The zero-order chi connectivity index (χ0) is 22.1. The highest BCUT2D eigenvalue weighted by Gasteiger charge is 2.42. The molecule has 0 aromatic heterocycles. The Morgan fingerprint density at radius 2 is 2.10 bits per heavy atom. The molecule has 1 aliphatic carbocycles. The van der Waals surface area contributed by atoms with Crippen LogP contribution in [0.4, 0.5) is 4.39 Å². The second kappa shape index (κ2) is 9.01. The maximum absolute atomic E-state index is 14.4. The number of aliphatic carboxylic acids is 1. The van der Waals surface area contributed by atoms with Gasteiger partial charge in [0.25, 0.3) is 0 Å². The number of carbonyl (C=O) groups is 1. The average molecular weight is 445 g/mol. The number of halogens is 2. The average Bonchev–Trinajstić information content (AvgIpc) is 2.90. The minimum atomic E-state index is -1.13. The summed E-state index contributed by atoms with van der Waals surface area (Å²) in [5.41, 5.74) is 4.04. The lowest BCUT2D eigenvalue weighted by Gasteiger charge is -2.43. The number of aryl methyl sites for hydroxylation is 1. The minimum Gasteiger partial charge on any atom is -0.480 e. The maximum Gasteiger partial charge on any atom is 0.341 e. The van der Waals surface area contributed by atoms with E-state index in [1.54, 1.807) is 0 Å². The fraction of sp³-hybridized carbons (Fsp3) is 0.400. The highest BCUT2D eigenvalue weighted by molar-refractivity contribution is 6.32. The molecule has 0 unspecified atom stereocenters. The Hall–Kier alpha value is -2.37. The molecule has 0 amide bonds. The molecule has 1 saturated heterocycles. The number of carboxylic acid groups (broad SMARTS) is 1. The number of benzene rings is 2. The van der Waals surface area contributed by atoms with Gasteiger partial charge in [-0.05, 0) is 55.9 Å². The first-order valence-electron chi connectivity index (χ1n) is 10.6. The Bertz CT molecular complexity index is 1010. The van der Waals surface area contributed by atoms with Gasteiger partial charge < -0.3 is 14.6 Å². The van der Waals surface area contributed by atoms with Gasteiger partial charge in [-0.3, -0.25) is 0 Å². The Balaban J connectivity index is 1.75. The van der Waals surface area contributed by atoms with Gasteiger partial charge in [-0.1, -0.05) is 48.0 Å². The number of fused-ring (bicyclic) bond motifs is 3. The molecule has 2 aromatic carbocycles. The Morgan fingerprint density at radius 3 is 2.84 bits per heavy atom. The predicted octanol–water partition coefficient (Wildman–Crippen LogP) is 6.08. The van der Waals surface area contributed by atoms with Gasteiger partial charge in [-0.25, -0.2) is 9.18 Å². The summed E-state index contributed by atoms with van der Waals surface area (Å²) >= 11 is 6.26. The van der Waals surface area contributed by atoms with Crippen LogP contribution in [-0.2, 0) is 16.0 Å². The van der Waals surface area contributed by atoms with Crippen LogP contribution >= 0.6 is 11.6 Å². The molecule has 0 spiro atoms. The van der Waals surface area contributed by atoms with Crippen molar-refractivity contribution in [2.24, 2.45) is 5.92 Å². The Morgan fingerprint density at radius 1 is 1.32 bits per heavy atom. The van der Waals surface area contributed by atoms with Crippen molar-refractivity contribution in [2.45, 2.75) is 50.7 Å². The van der Waals surface area contributed by atoms with Crippen molar-refractivity contribution in [1.29, 1.82) is 0 Å². The van der Waals surface area contributed by atoms with Crippen LogP contribution in [0.2, 0.25) is 5.02 Å². The van der Waals surface area contributed by atoms with Gasteiger partial charge in [0, 0.05) is 17.4 Å². The summed E-state index contributed by atoms with van der Waals surface area (Å²) in [7, 11) is 0. The molecule has 2 aliphatic rings. The highest BCUT2D eigenvalue weighted by atomic mass is 35.5. The van der Waals surface area contributed by atoms with Crippen molar-refractivity contribution in [3.63, 3.8) is 0 Å². The van der Waals surface area contributed by atoms with E-state index in [0.29, 0.717) is 5.56 Å². The third-order valence-corrected chi connectivity index (χ3v) is 6.63. The van der Waals surface area contributed by atoms with Gasteiger partial charge in [0.15, 0.2) is 6.61 Å². The van der Waals surface area contributed by atoms with Gasteiger partial charge >= 0.3 is 5.97 Å². The maximum atomic E-state index is 14.4. The zero-order valence-electron chi connectivity index (χ0n) is 17.4. The monoisotopic (exact) mass is 444 g/mol. The Kier molecular flexibility index (Phi) is 6.35. The van der Waals surface area contributed by atoms with Crippen LogP contribution in [-0.4, -0.2) is 23.8 Å². The van der Waals surface area contributed by atoms with Gasteiger partial charge in [-0.2, -0.15) is 0 Å². The molecule has 0 saturated carbocycles. The fourth-order valence-electron chi connectivity index (χ4n) is 4.97. The van der Waals surface area contributed by atoms with Crippen LogP contribution in [0.1, 0.15) is 54.9 Å². The summed E-state index contributed by atoms with van der Waals surface area (Å²) in [6, 6.07) is 11.0. The van der Waals surface area contributed by atoms with Crippen LogP contribution in [0, 0.1) is 11.7 Å². The van der Waals surface area contributed by atoms with E-state index in [1.165, 1.54) is 17.2 Å². The molecule has 0 bridgehead atoms. The molecule has 0 radical (unpaired) electrons. The van der Waals surface area contributed by atoms with E-state index < -0.39 is 24.5 Å². The minimum absolute atomic E-state index is 0.0291. The number of carboxylic acids is 1. The predicted molar refractivity (Wildman–Crippen MR) is 117 cm³/mol. The summed E-state index contributed by atoms with van der Waals surface area (Å²) in [5.74, 6) is -1.34. The summed E-state index contributed by atoms with van der Waals surface area (Å²) in [4.78, 5) is 11.1. The molecule has 4 atom stereocenters. The lowest BCUT2D eigenvalue weighted by Crippen LogP contribution is -2.36. The smallest absolute Gasteiger partial charge is 0.341 e. The number of rotatable bonds is 5. The molecule has 164 valence electrons. The number of ether oxygens (including phenoxy) is 2. The largest absolute Gasteiger partial charge is 0.480 e. The quantitative estimate of drug-likeness (QED) is 0.567. The van der Waals surface area contributed by atoms with Crippen molar-refractivity contribution in [1.82, 2.24) is 0 Å². The molecule has 1 aliphatic heterocycles. The first-order valence-corrected chi connectivity index (χ1v) is 10.9. The highest BCUT2D eigenvalue weighted by Crippen LogP contribution is 2.51. The second-order valence-electron chi connectivity index (χ2n) is 8.47. The fourth-order valence-corrected chi connectivity index (χ4v) is 5.24. The standard InChI is InChI=1S/C25H26ClFO4/c1-14(2)18-12-19-17-8-4-3-6-15(17)7-5-9-22(19)31-24(18)20-10-16(27)11-21(26)25(20)30-13-23(28)29/h3-4,6,8,10-11,18-19,22,24H,1,5,7,9,12-13H2,2H3,(H,28,29)/t18-,19+,22-,24-/m0/s1. The van der Waals surface area contributed by atoms with E-state index in [0.717, 1.165) is 37.3 Å². The number of hydrogen-bond donors (Lipinski definition) is 1. The van der Waals surface area contributed by atoms with Crippen LogP contribution in [0.25, 0.3) is 0 Å². The van der Waals surface area contributed by atoms with Gasteiger partial charge in [0.1, 0.15) is 11.6 Å². The van der Waals surface area contributed by atoms with E-state index in [-0.39, 0.29) is 28.7 Å².